The van der Waals surface area contributed by atoms with Crippen molar-refractivity contribution in [1.82, 2.24) is 10.2 Å². The first-order chi connectivity index (χ1) is 17.3. The summed E-state index contributed by atoms with van der Waals surface area (Å²) in [6.45, 7) is 4.74. The maximum atomic E-state index is 13.6. The molecule has 1 atom stereocenters. The van der Waals surface area contributed by atoms with Crippen LogP contribution in [0.2, 0.25) is 10.0 Å². The fraction of sp³-hybridized carbons (Fsp3) is 0.417. The molecule has 0 aromatic heterocycles. The quantitative estimate of drug-likeness (QED) is 0.229. The molecule has 0 aliphatic rings. The zero-order valence-corrected chi connectivity index (χ0v) is 23.4. The third kappa shape index (κ3) is 8.31. The third-order valence-electron chi connectivity index (χ3n) is 5.70. The number of carbonyl (C=O) groups is 2. The molecule has 0 fully saturated rings. The molecule has 0 bridgehead atoms. The van der Waals surface area contributed by atoms with Crippen LogP contribution >= 0.6 is 23.2 Å². The Morgan fingerprint density at radius 2 is 1.84 bits per heavy atom. The lowest BCUT2D eigenvalue weighted by atomic mass is 10.1. The molecule has 0 aliphatic heterocycles. The molecule has 0 radical (unpaired) electrons. The van der Waals surface area contributed by atoms with Crippen LogP contribution in [0.4, 0.5) is 11.4 Å². The second kappa shape index (κ2) is 13.1. The number of amides is 2. The first kappa shape index (κ1) is 30.3. The smallest absolute Gasteiger partial charge is 0.271 e. The number of anilines is 1. The molecule has 37 heavy (non-hydrogen) atoms. The summed E-state index contributed by atoms with van der Waals surface area (Å²) >= 11 is 12.3. The fourth-order valence-electron chi connectivity index (χ4n) is 3.53. The number of hydrogen-bond donors (Lipinski definition) is 1. The number of unbranched alkanes of at least 4 members (excludes halogenated alkanes) is 1. The molecule has 202 valence electrons. The Balaban J connectivity index is 2.48. The molecular weight excluding hydrogens is 543 g/mol. The lowest BCUT2D eigenvalue weighted by molar-refractivity contribution is -0.384. The van der Waals surface area contributed by atoms with Crippen LogP contribution in [-0.4, -0.2) is 55.4 Å². The number of benzene rings is 2. The van der Waals surface area contributed by atoms with E-state index in [1.807, 2.05) is 6.92 Å². The topological polar surface area (TPSA) is 130 Å². The lowest BCUT2D eigenvalue weighted by Crippen LogP contribution is -2.51. The fourth-order valence-corrected chi connectivity index (χ4v) is 4.89. The maximum absolute atomic E-state index is 13.6. The molecular formula is C24H30Cl2N4O6S. The van der Waals surface area contributed by atoms with Crippen LogP contribution in [0.1, 0.15) is 37.8 Å². The van der Waals surface area contributed by atoms with E-state index in [4.69, 9.17) is 23.2 Å². The minimum Gasteiger partial charge on any atom is -0.354 e. The number of nitro groups is 1. The molecule has 2 amide bonds. The molecule has 0 saturated carbocycles. The van der Waals surface area contributed by atoms with Crippen LogP contribution in [0, 0.1) is 17.0 Å². The molecule has 0 saturated heterocycles. The van der Waals surface area contributed by atoms with Gasteiger partial charge in [-0.15, -0.1) is 0 Å². The summed E-state index contributed by atoms with van der Waals surface area (Å²) in [7, 11) is -4.04. The van der Waals surface area contributed by atoms with Gasteiger partial charge in [0.15, 0.2) is 0 Å². The Hall–Kier alpha value is -2.89. The lowest BCUT2D eigenvalue weighted by Gasteiger charge is -2.32. The summed E-state index contributed by atoms with van der Waals surface area (Å²) in [6, 6.07) is 7.50. The number of halogens is 2. The number of hydrogen-bond acceptors (Lipinski definition) is 6. The summed E-state index contributed by atoms with van der Waals surface area (Å²) in [4.78, 5) is 38.3. The zero-order valence-electron chi connectivity index (χ0n) is 21.0. The van der Waals surface area contributed by atoms with Gasteiger partial charge in [0.2, 0.25) is 21.8 Å². The van der Waals surface area contributed by atoms with Crippen molar-refractivity contribution in [3.05, 3.63) is 67.7 Å². The largest absolute Gasteiger partial charge is 0.354 e. The number of nitrogens with zero attached hydrogens (tertiary/aromatic N) is 3. The Morgan fingerprint density at radius 3 is 2.41 bits per heavy atom. The van der Waals surface area contributed by atoms with Crippen LogP contribution in [0.5, 0.6) is 0 Å². The number of rotatable bonds is 12. The highest BCUT2D eigenvalue weighted by molar-refractivity contribution is 7.92. The molecule has 2 rings (SSSR count). The molecule has 10 nitrogen and oxygen atoms in total. The van der Waals surface area contributed by atoms with Gasteiger partial charge in [0.1, 0.15) is 12.6 Å². The summed E-state index contributed by atoms with van der Waals surface area (Å²) in [6.07, 6.45) is 2.52. The van der Waals surface area contributed by atoms with E-state index in [1.165, 1.54) is 30.0 Å². The number of nitro benzene ring substituents is 1. The molecule has 1 N–H and O–H groups in total. The first-order valence-corrected chi connectivity index (χ1v) is 14.1. The number of sulfonamides is 1. The van der Waals surface area contributed by atoms with E-state index in [0.29, 0.717) is 22.7 Å². The zero-order chi connectivity index (χ0) is 27.9. The van der Waals surface area contributed by atoms with E-state index < -0.39 is 39.3 Å². The van der Waals surface area contributed by atoms with Crippen LogP contribution < -0.4 is 9.62 Å². The van der Waals surface area contributed by atoms with E-state index in [9.17, 15) is 28.1 Å². The van der Waals surface area contributed by atoms with Gasteiger partial charge >= 0.3 is 0 Å². The predicted molar refractivity (Wildman–Crippen MR) is 144 cm³/mol. The Labute approximate surface area is 226 Å². The van der Waals surface area contributed by atoms with Gasteiger partial charge in [0, 0.05) is 35.3 Å². The summed E-state index contributed by atoms with van der Waals surface area (Å²) in [5.74, 6) is -1.11. The van der Waals surface area contributed by atoms with Crippen molar-refractivity contribution in [1.29, 1.82) is 0 Å². The van der Waals surface area contributed by atoms with Crippen LogP contribution in [0.3, 0.4) is 0 Å². The first-order valence-electron chi connectivity index (χ1n) is 11.5. The van der Waals surface area contributed by atoms with E-state index >= 15 is 0 Å². The second-order valence-corrected chi connectivity index (χ2v) is 11.3. The highest BCUT2D eigenvalue weighted by Crippen LogP contribution is 2.28. The van der Waals surface area contributed by atoms with Gasteiger partial charge in [-0.3, -0.25) is 24.0 Å². The Bertz CT molecular complexity index is 1270. The Kier molecular flexibility index (Phi) is 10.7. The van der Waals surface area contributed by atoms with Gasteiger partial charge in [-0.1, -0.05) is 48.7 Å². The minimum absolute atomic E-state index is 0.00502. The van der Waals surface area contributed by atoms with Gasteiger partial charge in [-0.2, -0.15) is 0 Å². The van der Waals surface area contributed by atoms with Crippen LogP contribution in [0.15, 0.2) is 36.4 Å². The normalized spacial score (nSPS) is 12.1. The van der Waals surface area contributed by atoms with Gasteiger partial charge in [0.05, 0.1) is 16.9 Å². The monoisotopic (exact) mass is 572 g/mol. The summed E-state index contributed by atoms with van der Waals surface area (Å²) < 4.78 is 26.2. The van der Waals surface area contributed by atoms with Crippen molar-refractivity contribution in [3.8, 4) is 0 Å². The molecule has 0 aliphatic carbocycles. The SMILES string of the molecule is CCCCNC(=O)[C@@H](C)N(Cc1ccc(Cl)cc1Cl)C(=O)CN(c1cc([N+](=O)[O-])ccc1C)S(C)(=O)=O. The molecule has 0 spiro atoms. The average Bonchev–Trinajstić information content (AvgIpc) is 2.81. The van der Waals surface area contributed by atoms with Crippen molar-refractivity contribution in [2.45, 2.75) is 46.2 Å². The maximum Gasteiger partial charge on any atom is 0.271 e. The molecule has 0 unspecified atom stereocenters. The van der Waals surface area contributed by atoms with Crippen molar-refractivity contribution in [2.24, 2.45) is 0 Å². The van der Waals surface area contributed by atoms with Gasteiger partial charge < -0.3 is 10.2 Å². The molecule has 2 aromatic carbocycles. The minimum atomic E-state index is -4.04. The van der Waals surface area contributed by atoms with E-state index in [-0.39, 0.29) is 22.9 Å². The highest BCUT2D eigenvalue weighted by atomic mass is 35.5. The van der Waals surface area contributed by atoms with E-state index in [2.05, 4.69) is 5.32 Å². The van der Waals surface area contributed by atoms with Crippen molar-refractivity contribution in [2.75, 3.05) is 23.7 Å². The third-order valence-corrected chi connectivity index (χ3v) is 7.42. The average molecular weight is 573 g/mol. The summed E-state index contributed by atoms with van der Waals surface area (Å²) in [5.41, 5.74) is 0.594. The van der Waals surface area contributed by atoms with E-state index in [0.717, 1.165) is 29.5 Å². The van der Waals surface area contributed by atoms with Crippen LogP contribution in [0.25, 0.3) is 0 Å². The number of carbonyl (C=O) groups excluding carboxylic acids is 2. The van der Waals surface area contributed by atoms with Crippen molar-refractivity contribution >= 4 is 56.4 Å². The van der Waals surface area contributed by atoms with Gasteiger partial charge in [0.25, 0.3) is 5.69 Å². The standard InChI is InChI=1S/C24H30Cl2N4O6S/c1-5-6-11-27-24(32)17(3)28(14-18-8-9-19(25)12-21(18)26)23(31)15-29(37(4,35)36)22-13-20(30(33)34)10-7-16(22)2/h7-10,12-13,17H,5-6,11,14-15H2,1-4H3,(H,27,32)/t17-/m1/s1. The van der Waals surface area contributed by atoms with Gasteiger partial charge in [-0.05, 0) is 43.5 Å². The number of nitrogens with one attached hydrogen (secondary N) is 1. The molecule has 13 heteroatoms. The predicted octanol–water partition coefficient (Wildman–Crippen LogP) is 4.31. The highest BCUT2D eigenvalue weighted by Gasteiger charge is 2.31. The number of aryl methyl sites for hydroxylation is 1. The molecule has 2 aromatic rings. The Morgan fingerprint density at radius 1 is 1.16 bits per heavy atom. The molecule has 0 heterocycles. The second-order valence-electron chi connectivity index (χ2n) is 8.58. The summed E-state index contributed by atoms with van der Waals surface area (Å²) in [5, 5.41) is 14.7. The van der Waals surface area contributed by atoms with Gasteiger partial charge in [-0.25, -0.2) is 8.42 Å². The van der Waals surface area contributed by atoms with Crippen LogP contribution in [-0.2, 0) is 26.2 Å². The number of non-ortho nitro benzene ring substituents is 1. The van der Waals surface area contributed by atoms with E-state index in [1.54, 1.807) is 19.1 Å². The van der Waals surface area contributed by atoms with Crippen molar-refractivity contribution < 1.29 is 22.9 Å². The van der Waals surface area contributed by atoms with Crippen molar-refractivity contribution in [3.63, 3.8) is 0 Å².